The van der Waals surface area contributed by atoms with Gasteiger partial charge in [0.25, 0.3) is 0 Å². The molecule has 0 radical (unpaired) electrons. The Hall–Kier alpha value is -0.870. The summed E-state index contributed by atoms with van der Waals surface area (Å²) in [5.41, 5.74) is 0.728. The van der Waals surface area contributed by atoms with E-state index in [-0.39, 0.29) is 36.0 Å². The zero-order chi connectivity index (χ0) is 15.1. The van der Waals surface area contributed by atoms with Crippen LogP contribution in [0.25, 0.3) is 0 Å². The van der Waals surface area contributed by atoms with Crippen LogP contribution >= 0.6 is 24.0 Å². The maximum atomic E-state index is 9.70. The molecule has 0 atom stereocenters. The Morgan fingerprint density at radius 2 is 2.23 bits per heavy atom. The lowest BCUT2D eigenvalue weighted by molar-refractivity contribution is -0.0134. The van der Waals surface area contributed by atoms with E-state index in [0.29, 0.717) is 26.3 Å². The summed E-state index contributed by atoms with van der Waals surface area (Å²) in [4.78, 5) is 6.25. The van der Waals surface area contributed by atoms with Crippen molar-refractivity contribution in [2.45, 2.75) is 19.4 Å². The molecule has 1 aromatic rings. The van der Waals surface area contributed by atoms with E-state index in [1.165, 1.54) is 0 Å². The monoisotopic (exact) mass is 424 g/mol. The Morgan fingerprint density at radius 3 is 2.77 bits per heavy atom. The van der Waals surface area contributed by atoms with Gasteiger partial charge >= 0.3 is 0 Å². The van der Waals surface area contributed by atoms with E-state index < -0.39 is 0 Å². The average Bonchev–Trinajstić information content (AvgIpc) is 3.01. The third kappa shape index (κ3) is 5.10. The topological polar surface area (TPSA) is 83.1 Å². The molecule has 0 spiro atoms. The molecule has 22 heavy (non-hydrogen) atoms. The molecule has 1 fully saturated rings. The van der Waals surface area contributed by atoms with Gasteiger partial charge in [-0.1, -0.05) is 5.16 Å². The highest BCUT2D eigenvalue weighted by Gasteiger charge is 2.32. The molecule has 2 rings (SSSR count). The maximum Gasteiger partial charge on any atom is 0.193 e. The highest BCUT2D eigenvalue weighted by molar-refractivity contribution is 14.0. The van der Waals surface area contributed by atoms with E-state index in [1.54, 1.807) is 13.3 Å². The number of aliphatic imine (C=N–C) groups is 1. The SMILES string of the molecule is CN=C(NCC1(CO)CCOCC1)N(C)Cc1ccon1.I. The summed E-state index contributed by atoms with van der Waals surface area (Å²) in [7, 11) is 3.69. The third-order valence-corrected chi connectivity index (χ3v) is 3.97. The first-order valence-corrected chi connectivity index (χ1v) is 7.19. The molecule has 2 N–H and O–H groups in total. The molecule has 7 nitrogen and oxygen atoms in total. The standard InChI is InChI=1S/C14H24N4O3.HI/c1-15-13(18(2)9-12-3-6-21-17-12)16-10-14(11-19)4-7-20-8-5-14;/h3,6,19H,4-5,7-11H2,1-2H3,(H,15,16);1H. The third-order valence-electron chi connectivity index (χ3n) is 3.97. The van der Waals surface area contributed by atoms with Gasteiger partial charge in [0.05, 0.1) is 13.2 Å². The number of guanidine groups is 1. The van der Waals surface area contributed by atoms with Gasteiger partial charge in [0.15, 0.2) is 5.96 Å². The Balaban J connectivity index is 0.00000242. The van der Waals surface area contributed by atoms with Crippen LogP contribution in [0.4, 0.5) is 0 Å². The Labute approximate surface area is 148 Å². The summed E-state index contributed by atoms with van der Waals surface area (Å²) in [6.45, 7) is 2.87. The van der Waals surface area contributed by atoms with Crippen molar-refractivity contribution in [1.29, 1.82) is 0 Å². The van der Waals surface area contributed by atoms with Crippen LogP contribution in [0.3, 0.4) is 0 Å². The number of aliphatic hydroxyl groups is 1. The predicted molar refractivity (Wildman–Crippen MR) is 94.3 cm³/mol. The van der Waals surface area contributed by atoms with Crippen molar-refractivity contribution in [2.75, 3.05) is 40.5 Å². The summed E-state index contributed by atoms with van der Waals surface area (Å²) in [5, 5.41) is 16.9. The fourth-order valence-corrected chi connectivity index (χ4v) is 2.48. The molecular formula is C14H25IN4O3. The van der Waals surface area contributed by atoms with E-state index >= 15 is 0 Å². The molecule has 0 saturated carbocycles. The Kier molecular flexibility index (Phi) is 8.12. The van der Waals surface area contributed by atoms with Crippen molar-refractivity contribution in [3.8, 4) is 0 Å². The number of rotatable bonds is 5. The number of hydrogen-bond acceptors (Lipinski definition) is 5. The molecule has 0 unspecified atom stereocenters. The first-order valence-electron chi connectivity index (χ1n) is 7.19. The van der Waals surface area contributed by atoms with Crippen LogP contribution in [-0.4, -0.2) is 61.6 Å². The number of aliphatic hydroxyl groups excluding tert-OH is 1. The normalized spacial score (nSPS) is 17.7. The van der Waals surface area contributed by atoms with Gasteiger partial charge in [-0.2, -0.15) is 0 Å². The molecule has 1 aromatic heterocycles. The summed E-state index contributed by atoms with van der Waals surface area (Å²) >= 11 is 0. The van der Waals surface area contributed by atoms with Crippen molar-refractivity contribution < 1.29 is 14.4 Å². The maximum absolute atomic E-state index is 9.70. The number of aromatic nitrogens is 1. The number of hydrogen-bond donors (Lipinski definition) is 2. The van der Waals surface area contributed by atoms with Gasteiger partial charge in [-0.05, 0) is 12.8 Å². The van der Waals surface area contributed by atoms with Crippen LogP contribution in [-0.2, 0) is 11.3 Å². The fourth-order valence-electron chi connectivity index (χ4n) is 2.48. The van der Waals surface area contributed by atoms with Crippen LogP contribution in [0.2, 0.25) is 0 Å². The van der Waals surface area contributed by atoms with Crippen LogP contribution in [0.5, 0.6) is 0 Å². The van der Waals surface area contributed by atoms with Gasteiger partial charge < -0.3 is 24.6 Å². The first-order chi connectivity index (χ1) is 10.2. The molecule has 8 heteroatoms. The molecule has 0 aliphatic carbocycles. The highest BCUT2D eigenvalue weighted by atomic mass is 127. The molecule has 0 bridgehead atoms. The molecule has 1 aliphatic heterocycles. The summed E-state index contributed by atoms with van der Waals surface area (Å²) in [5.74, 6) is 0.775. The van der Waals surface area contributed by atoms with Crippen LogP contribution in [0, 0.1) is 5.41 Å². The first kappa shape index (κ1) is 19.2. The van der Waals surface area contributed by atoms with Crippen LogP contribution in [0.1, 0.15) is 18.5 Å². The second kappa shape index (κ2) is 9.31. The quantitative estimate of drug-likeness (QED) is 0.419. The zero-order valence-corrected chi connectivity index (χ0v) is 15.4. The molecule has 0 aromatic carbocycles. The molecule has 0 amide bonds. The fraction of sp³-hybridized carbons (Fsp3) is 0.714. The van der Waals surface area contributed by atoms with Gasteiger partial charge in [0, 0.05) is 45.3 Å². The van der Waals surface area contributed by atoms with E-state index in [0.717, 1.165) is 24.5 Å². The van der Waals surface area contributed by atoms with Crippen molar-refractivity contribution in [1.82, 2.24) is 15.4 Å². The average molecular weight is 424 g/mol. The second-order valence-corrected chi connectivity index (χ2v) is 5.52. The Morgan fingerprint density at radius 1 is 1.50 bits per heavy atom. The van der Waals surface area contributed by atoms with Gasteiger partial charge in [-0.15, -0.1) is 24.0 Å². The number of ether oxygens (including phenoxy) is 1. The van der Waals surface area contributed by atoms with Crippen molar-refractivity contribution in [3.63, 3.8) is 0 Å². The molecule has 2 heterocycles. The van der Waals surface area contributed by atoms with Gasteiger partial charge in [0.2, 0.25) is 0 Å². The second-order valence-electron chi connectivity index (χ2n) is 5.52. The van der Waals surface area contributed by atoms with Crippen molar-refractivity contribution >= 4 is 29.9 Å². The largest absolute Gasteiger partial charge is 0.396 e. The molecular weight excluding hydrogens is 399 g/mol. The summed E-state index contributed by atoms with van der Waals surface area (Å²) < 4.78 is 10.2. The van der Waals surface area contributed by atoms with Gasteiger partial charge in [-0.3, -0.25) is 4.99 Å². The van der Waals surface area contributed by atoms with Gasteiger partial charge in [0.1, 0.15) is 12.0 Å². The zero-order valence-electron chi connectivity index (χ0n) is 13.1. The minimum absolute atomic E-state index is 0. The number of halogens is 1. The van der Waals surface area contributed by atoms with Crippen LogP contribution in [0.15, 0.2) is 21.8 Å². The minimum Gasteiger partial charge on any atom is -0.396 e. The van der Waals surface area contributed by atoms with Crippen LogP contribution < -0.4 is 5.32 Å². The summed E-state index contributed by atoms with van der Waals surface area (Å²) in [6.07, 6.45) is 3.28. The van der Waals surface area contributed by atoms with E-state index in [4.69, 9.17) is 9.26 Å². The van der Waals surface area contributed by atoms with E-state index in [1.807, 2.05) is 18.0 Å². The summed E-state index contributed by atoms with van der Waals surface area (Å²) in [6, 6.07) is 1.83. The number of nitrogens with one attached hydrogen (secondary N) is 1. The Bertz CT molecular complexity index is 447. The predicted octanol–water partition coefficient (Wildman–Crippen LogP) is 1.09. The lowest BCUT2D eigenvalue weighted by Gasteiger charge is -2.36. The van der Waals surface area contributed by atoms with E-state index in [2.05, 4.69) is 15.5 Å². The smallest absolute Gasteiger partial charge is 0.193 e. The minimum atomic E-state index is -0.122. The van der Waals surface area contributed by atoms with Crippen molar-refractivity contribution in [3.05, 3.63) is 18.0 Å². The number of nitrogens with zero attached hydrogens (tertiary/aromatic N) is 3. The highest BCUT2D eigenvalue weighted by Crippen LogP contribution is 2.29. The molecule has 126 valence electrons. The lowest BCUT2D eigenvalue weighted by Crippen LogP contribution is -2.47. The molecule has 1 saturated heterocycles. The lowest BCUT2D eigenvalue weighted by atomic mass is 9.81. The molecule has 1 aliphatic rings. The van der Waals surface area contributed by atoms with E-state index in [9.17, 15) is 5.11 Å². The van der Waals surface area contributed by atoms with Gasteiger partial charge in [-0.25, -0.2) is 0 Å². The van der Waals surface area contributed by atoms with Crippen molar-refractivity contribution in [2.24, 2.45) is 10.4 Å².